The Kier molecular flexibility index (Phi) is 8.85. The summed E-state index contributed by atoms with van der Waals surface area (Å²) in [5, 5.41) is 13.0. The van der Waals surface area contributed by atoms with Crippen LogP contribution in [0.5, 0.6) is 11.5 Å². The number of phenols is 1. The number of morpholine rings is 1. The molecule has 286 valence electrons. The number of carbonyl (C=O) groups is 4. The van der Waals surface area contributed by atoms with Crippen molar-refractivity contribution in [3.8, 4) is 11.5 Å². The van der Waals surface area contributed by atoms with Crippen molar-refractivity contribution in [1.82, 2.24) is 5.01 Å². The maximum Gasteiger partial charge on any atom is 0.260 e. The number of hydrogen-bond donors (Lipinski definition) is 2. The first-order chi connectivity index (χ1) is 27.1. The number of imide groups is 2. The van der Waals surface area contributed by atoms with Gasteiger partial charge in [-0.25, -0.2) is 4.39 Å². The van der Waals surface area contributed by atoms with Gasteiger partial charge < -0.3 is 19.5 Å². The van der Waals surface area contributed by atoms with E-state index in [9.17, 15) is 23.9 Å². The van der Waals surface area contributed by atoms with Gasteiger partial charge in [0, 0.05) is 35.3 Å². The molecule has 11 nitrogen and oxygen atoms in total. The number of anilines is 3. The molecule has 4 fully saturated rings. The second-order valence-corrected chi connectivity index (χ2v) is 15.4. The number of methoxy groups -OCH3 is 1. The lowest BCUT2D eigenvalue weighted by Crippen LogP contribution is -2.53. The fourth-order valence-corrected chi connectivity index (χ4v) is 9.91. The minimum atomic E-state index is -1.64. The number of halogens is 2. The van der Waals surface area contributed by atoms with Crippen LogP contribution in [0.4, 0.5) is 21.5 Å². The molecule has 9 rings (SSSR count). The number of carbonyl (C=O) groups excluding carboxylic acids is 4. The first-order valence-electron chi connectivity index (χ1n) is 18.7. The Hall–Kier alpha value is -5.72. The van der Waals surface area contributed by atoms with E-state index in [1.165, 1.54) is 42.3 Å². The summed E-state index contributed by atoms with van der Waals surface area (Å²) in [4.78, 5) is 62.6. The zero-order chi connectivity index (χ0) is 38.9. The minimum Gasteiger partial charge on any atom is -0.508 e. The van der Waals surface area contributed by atoms with Crippen molar-refractivity contribution in [3.05, 3.63) is 125 Å². The van der Waals surface area contributed by atoms with Crippen molar-refractivity contribution in [1.29, 1.82) is 0 Å². The fraction of sp³-hybridized carbons (Fsp3) is 0.302. The topological polar surface area (TPSA) is 129 Å². The molecule has 0 spiro atoms. The second-order valence-electron chi connectivity index (χ2n) is 14.9. The molecule has 5 aliphatic rings. The Bertz CT molecular complexity index is 2280. The molecule has 3 saturated heterocycles. The van der Waals surface area contributed by atoms with E-state index in [-0.39, 0.29) is 30.4 Å². The molecular formula is C43H38ClFN4O7. The Labute approximate surface area is 327 Å². The maximum absolute atomic E-state index is 15.3. The third kappa shape index (κ3) is 5.48. The van der Waals surface area contributed by atoms with Gasteiger partial charge in [-0.3, -0.25) is 29.5 Å². The molecule has 6 atom stereocenters. The van der Waals surface area contributed by atoms with Crippen LogP contribution in [0, 0.1) is 29.5 Å². The summed E-state index contributed by atoms with van der Waals surface area (Å²) in [7, 11) is 1.49. The highest BCUT2D eigenvalue weighted by Crippen LogP contribution is 2.65. The zero-order valence-electron chi connectivity index (χ0n) is 30.4. The summed E-state index contributed by atoms with van der Waals surface area (Å²) < 4.78 is 25.0. The van der Waals surface area contributed by atoms with Gasteiger partial charge in [-0.2, -0.15) is 5.01 Å². The number of hydrogen-bond acceptors (Lipinski definition) is 9. The SMILES string of the molecule is COc1ccc(O)c(C2C3=CCC4C(=O)N(c5ccc(N6CCOCC6)cc5)C(=O)C4C3CC3C(=O)N(Nc4ccc(F)cc4)C(=O)C32c2ccc(Cl)cc2)c1. The summed E-state index contributed by atoms with van der Waals surface area (Å²) in [5.74, 6) is -6.28. The van der Waals surface area contributed by atoms with E-state index in [1.807, 2.05) is 18.2 Å². The average molecular weight is 777 g/mol. The number of fused-ring (bicyclic) bond motifs is 4. The highest BCUT2D eigenvalue weighted by Gasteiger charge is 2.70. The summed E-state index contributed by atoms with van der Waals surface area (Å²) in [5.41, 5.74) is 4.52. The molecule has 0 aromatic heterocycles. The first kappa shape index (κ1) is 35.9. The fourth-order valence-electron chi connectivity index (χ4n) is 9.78. The van der Waals surface area contributed by atoms with Crippen LogP contribution in [0.1, 0.15) is 29.9 Å². The molecule has 0 radical (unpaired) electrons. The zero-order valence-corrected chi connectivity index (χ0v) is 31.1. The number of hydrazine groups is 1. The molecule has 3 aliphatic heterocycles. The van der Waals surface area contributed by atoms with Gasteiger partial charge in [0.05, 0.1) is 54.9 Å². The van der Waals surface area contributed by atoms with Crippen molar-refractivity contribution in [2.24, 2.45) is 23.7 Å². The number of nitrogens with one attached hydrogen (secondary N) is 1. The van der Waals surface area contributed by atoms with E-state index in [2.05, 4.69) is 10.3 Å². The predicted octanol–water partition coefficient (Wildman–Crippen LogP) is 6.22. The quantitative estimate of drug-likeness (QED) is 0.166. The second kappa shape index (κ2) is 13.8. The number of phenolic OH excluding ortho intramolecular Hbond substituents is 1. The van der Waals surface area contributed by atoms with E-state index in [1.54, 1.807) is 48.5 Å². The number of aromatic hydroxyl groups is 1. The molecule has 56 heavy (non-hydrogen) atoms. The van der Waals surface area contributed by atoms with Gasteiger partial charge in [-0.15, -0.1) is 0 Å². The molecule has 13 heteroatoms. The number of amides is 4. The van der Waals surface area contributed by atoms with Gasteiger partial charge >= 0.3 is 0 Å². The molecule has 4 aromatic carbocycles. The molecule has 3 heterocycles. The molecule has 6 unspecified atom stereocenters. The number of rotatable bonds is 7. The number of ether oxygens (including phenoxy) is 2. The lowest BCUT2D eigenvalue weighted by molar-refractivity contribution is -0.138. The number of allylic oxidation sites excluding steroid dienone is 2. The Morgan fingerprint density at radius 2 is 1.55 bits per heavy atom. The number of nitrogens with zero attached hydrogens (tertiary/aromatic N) is 3. The molecule has 4 aromatic rings. The van der Waals surface area contributed by atoms with Gasteiger partial charge in [0.1, 0.15) is 17.3 Å². The Balaban J connectivity index is 1.18. The van der Waals surface area contributed by atoms with Gasteiger partial charge in [0.2, 0.25) is 11.8 Å². The highest BCUT2D eigenvalue weighted by molar-refractivity contribution is 6.30. The van der Waals surface area contributed by atoms with E-state index in [0.717, 1.165) is 23.8 Å². The van der Waals surface area contributed by atoms with Gasteiger partial charge in [-0.05, 0) is 103 Å². The summed E-state index contributed by atoms with van der Waals surface area (Å²) in [6.07, 6.45) is 2.20. The lowest BCUT2D eigenvalue weighted by Gasteiger charge is -2.50. The number of benzene rings is 4. The molecule has 2 N–H and O–H groups in total. The van der Waals surface area contributed by atoms with Crippen molar-refractivity contribution in [3.63, 3.8) is 0 Å². The van der Waals surface area contributed by atoms with Crippen LogP contribution in [0.15, 0.2) is 103 Å². The lowest BCUT2D eigenvalue weighted by atomic mass is 9.49. The molecule has 0 bridgehead atoms. The van der Waals surface area contributed by atoms with E-state index < -0.39 is 52.6 Å². The average Bonchev–Trinajstić information content (AvgIpc) is 3.60. The summed E-state index contributed by atoms with van der Waals surface area (Å²) in [6.45, 7) is 2.71. The smallest absolute Gasteiger partial charge is 0.260 e. The van der Waals surface area contributed by atoms with Crippen molar-refractivity contribution in [2.45, 2.75) is 24.2 Å². The van der Waals surface area contributed by atoms with Crippen LogP contribution in [-0.2, 0) is 29.3 Å². The van der Waals surface area contributed by atoms with Crippen LogP contribution in [-0.4, -0.2) is 67.2 Å². The molecule has 2 aliphatic carbocycles. The van der Waals surface area contributed by atoms with Crippen molar-refractivity contribution < 1.29 is 38.1 Å². The monoisotopic (exact) mass is 776 g/mol. The molecule has 4 amide bonds. The van der Waals surface area contributed by atoms with Gasteiger partial charge in [0.15, 0.2) is 0 Å². The van der Waals surface area contributed by atoms with Crippen LogP contribution >= 0.6 is 11.6 Å². The van der Waals surface area contributed by atoms with E-state index in [0.29, 0.717) is 52.1 Å². The van der Waals surface area contributed by atoms with Crippen LogP contribution in [0.2, 0.25) is 5.02 Å². The third-order valence-corrected chi connectivity index (χ3v) is 12.5. The first-order valence-corrected chi connectivity index (χ1v) is 19.0. The maximum atomic E-state index is 15.3. The standard InChI is InChI=1S/C43H38ClFN4O7/c1-55-30-14-17-36(50)34(22-30)38-31-15-16-32-37(41(53)48(39(32)51)29-12-10-28(11-13-29)47-18-20-56-21-19-47)33(31)23-35-40(52)49(46-27-8-6-26(45)7-9-27)42(54)43(35,38)24-2-4-25(44)5-3-24/h2-15,17,22,32-33,35,37-38,46,50H,16,18-21,23H2,1H3. The predicted molar refractivity (Wildman–Crippen MR) is 206 cm³/mol. The molecular weight excluding hydrogens is 739 g/mol. The van der Waals surface area contributed by atoms with Crippen molar-refractivity contribution >= 4 is 52.3 Å². The third-order valence-electron chi connectivity index (χ3n) is 12.3. The Morgan fingerprint density at radius 1 is 0.857 bits per heavy atom. The van der Waals surface area contributed by atoms with Crippen LogP contribution in [0.25, 0.3) is 0 Å². The van der Waals surface area contributed by atoms with Gasteiger partial charge in [-0.1, -0.05) is 35.4 Å². The largest absolute Gasteiger partial charge is 0.508 e. The highest BCUT2D eigenvalue weighted by atomic mass is 35.5. The van der Waals surface area contributed by atoms with Crippen LogP contribution in [0.3, 0.4) is 0 Å². The van der Waals surface area contributed by atoms with E-state index >= 15 is 4.79 Å². The van der Waals surface area contributed by atoms with Crippen molar-refractivity contribution in [2.75, 3.05) is 48.6 Å². The van der Waals surface area contributed by atoms with E-state index in [4.69, 9.17) is 21.1 Å². The summed E-state index contributed by atoms with van der Waals surface area (Å²) in [6, 6.07) is 24.1. The normalized spacial score (nSPS) is 27.2. The minimum absolute atomic E-state index is 0.0614. The molecule has 1 saturated carbocycles. The van der Waals surface area contributed by atoms with Crippen LogP contribution < -0.4 is 20.0 Å². The summed E-state index contributed by atoms with van der Waals surface area (Å²) >= 11 is 6.38. The van der Waals surface area contributed by atoms with Gasteiger partial charge in [0.25, 0.3) is 11.8 Å². The Morgan fingerprint density at radius 3 is 2.25 bits per heavy atom.